The Morgan fingerprint density at radius 1 is 1.10 bits per heavy atom. The molecular weight excluding hydrogens is 374 g/mol. The van der Waals surface area contributed by atoms with Crippen LogP contribution in [-0.2, 0) is 26.1 Å². The number of piperidine rings is 2. The number of likely N-dealkylation sites (tertiary alicyclic amines) is 2. The van der Waals surface area contributed by atoms with Gasteiger partial charge < -0.3 is 14.8 Å². The zero-order valence-electron chi connectivity index (χ0n) is 18.0. The molecule has 1 aromatic heterocycles. The first kappa shape index (κ1) is 19.5. The predicted molar refractivity (Wildman–Crippen MR) is 118 cm³/mol. The highest BCUT2D eigenvalue weighted by Crippen LogP contribution is 2.31. The van der Waals surface area contributed by atoms with Crippen molar-refractivity contribution in [2.24, 2.45) is 10.9 Å². The number of hydrogen-bond acceptors (Lipinski definition) is 4. The van der Waals surface area contributed by atoms with Crippen molar-refractivity contribution >= 4 is 5.96 Å². The SMILES string of the molecule is CN=C(NCc1nnc2n1CCC2)N1CCC2C(CCCN2Cc2ccccc2)C1. The van der Waals surface area contributed by atoms with Crippen LogP contribution in [0, 0.1) is 5.92 Å². The van der Waals surface area contributed by atoms with E-state index in [4.69, 9.17) is 0 Å². The number of fused-ring (bicyclic) bond motifs is 2. The van der Waals surface area contributed by atoms with Gasteiger partial charge in [-0.15, -0.1) is 10.2 Å². The van der Waals surface area contributed by atoms with Crippen molar-refractivity contribution in [3.05, 3.63) is 47.5 Å². The second-order valence-corrected chi connectivity index (χ2v) is 8.85. The van der Waals surface area contributed by atoms with Crippen LogP contribution in [0.25, 0.3) is 0 Å². The van der Waals surface area contributed by atoms with E-state index in [-0.39, 0.29) is 0 Å². The van der Waals surface area contributed by atoms with Crippen LogP contribution < -0.4 is 5.32 Å². The average Bonchev–Trinajstić information content (AvgIpc) is 3.40. The summed E-state index contributed by atoms with van der Waals surface area (Å²) in [6.07, 6.45) is 6.05. The Balaban J connectivity index is 1.20. The molecule has 1 aromatic carbocycles. The van der Waals surface area contributed by atoms with Gasteiger partial charge in [-0.2, -0.15) is 0 Å². The van der Waals surface area contributed by atoms with E-state index in [0.717, 1.165) is 50.2 Å². The molecule has 4 heterocycles. The Morgan fingerprint density at radius 3 is 2.87 bits per heavy atom. The third-order valence-electron chi connectivity index (χ3n) is 7.01. The molecule has 3 aliphatic heterocycles. The number of aliphatic imine (C=N–C) groups is 1. The van der Waals surface area contributed by atoms with E-state index in [0.29, 0.717) is 18.5 Å². The van der Waals surface area contributed by atoms with E-state index < -0.39 is 0 Å². The lowest BCUT2D eigenvalue weighted by Crippen LogP contribution is -2.56. The number of aryl methyl sites for hydroxylation is 1. The van der Waals surface area contributed by atoms with Gasteiger partial charge in [0.05, 0.1) is 6.54 Å². The van der Waals surface area contributed by atoms with Gasteiger partial charge in [0.25, 0.3) is 0 Å². The molecule has 0 spiro atoms. The summed E-state index contributed by atoms with van der Waals surface area (Å²) in [5.41, 5.74) is 1.43. The van der Waals surface area contributed by atoms with Gasteiger partial charge in [-0.3, -0.25) is 9.89 Å². The molecule has 0 saturated carbocycles. The predicted octanol–water partition coefficient (Wildman–Crippen LogP) is 2.29. The fraction of sp³-hybridized carbons (Fsp3) is 0.609. The molecule has 2 atom stereocenters. The minimum absolute atomic E-state index is 0.688. The van der Waals surface area contributed by atoms with Crippen molar-refractivity contribution in [2.75, 3.05) is 26.7 Å². The van der Waals surface area contributed by atoms with Gasteiger partial charge in [-0.25, -0.2) is 0 Å². The van der Waals surface area contributed by atoms with Crippen LogP contribution in [0.3, 0.4) is 0 Å². The van der Waals surface area contributed by atoms with Gasteiger partial charge >= 0.3 is 0 Å². The summed E-state index contributed by atoms with van der Waals surface area (Å²) in [5.74, 6) is 3.88. The summed E-state index contributed by atoms with van der Waals surface area (Å²) in [7, 11) is 1.89. The fourth-order valence-corrected chi connectivity index (χ4v) is 5.55. The Bertz CT molecular complexity index is 875. The summed E-state index contributed by atoms with van der Waals surface area (Å²) in [4.78, 5) is 9.76. The maximum Gasteiger partial charge on any atom is 0.194 e. The number of guanidine groups is 1. The van der Waals surface area contributed by atoms with Crippen LogP contribution in [0.4, 0.5) is 0 Å². The van der Waals surface area contributed by atoms with Crippen molar-refractivity contribution in [1.29, 1.82) is 0 Å². The first-order chi connectivity index (χ1) is 14.8. The van der Waals surface area contributed by atoms with E-state index in [1.807, 2.05) is 7.05 Å². The van der Waals surface area contributed by atoms with E-state index in [9.17, 15) is 0 Å². The lowest BCUT2D eigenvalue weighted by molar-refractivity contribution is 0.0372. The number of aromatic nitrogens is 3. The van der Waals surface area contributed by atoms with Gasteiger partial charge in [0.15, 0.2) is 11.8 Å². The second-order valence-electron chi connectivity index (χ2n) is 8.85. The Labute approximate surface area is 179 Å². The zero-order valence-corrected chi connectivity index (χ0v) is 18.0. The standard InChI is InChI=1S/C23H33N7/c1-24-23(25-15-22-27-26-21-10-6-13-30(21)22)29-14-11-20-19(17-29)9-5-12-28(20)16-18-7-3-2-4-8-18/h2-4,7-8,19-20H,5-6,9-17H2,1H3,(H,24,25). The van der Waals surface area contributed by atoms with Crippen LogP contribution in [0.5, 0.6) is 0 Å². The highest BCUT2D eigenvalue weighted by atomic mass is 15.3. The fourth-order valence-electron chi connectivity index (χ4n) is 5.55. The second kappa shape index (κ2) is 8.76. The number of benzene rings is 1. The molecule has 7 heteroatoms. The molecule has 0 aliphatic carbocycles. The molecule has 5 rings (SSSR count). The first-order valence-corrected chi connectivity index (χ1v) is 11.5. The van der Waals surface area contributed by atoms with E-state index in [2.05, 4.69) is 65.2 Å². The largest absolute Gasteiger partial charge is 0.349 e. The smallest absolute Gasteiger partial charge is 0.194 e. The molecule has 3 aliphatic rings. The molecule has 160 valence electrons. The van der Waals surface area contributed by atoms with Crippen LogP contribution in [-0.4, -0.2) is 63.2 Å². The van der Waals surface area contributed by atoms with Crippen LogP contribution in [0.2, 0.25) is 0 Å². The summed E-state index contributed by atoms with van der Waals surface area (Å²) >= 11 is 0. The minimum Gasteiger partial charge on any atom is -0.349 e. The van der Waals surface area contributed by atoms with Crippen LogP contribution in [0.1, 0.15) is 42.9 Å². The van der Waals surface area contributed by atoms with Crippen LogP contribution in [0.15, 0.2) is 35.3 Å². The Morgan fingerprint density at radius 2 is 2.00 bits per heavy atom. The van der Waals surface area contributed by atoms with E-state index >= 15 is 0 Å². The number of hydrogen-bond donors (Lipinski definition) is 1. The molecule has 0 bridgehead atoms. The maximum absolute atomic E-state index is 4.59. The number of nitrogens with zero attached hydrogens (tertiary/aromatic N) is 6. The Kier molecular flexibility index (Phi) is 5.71. The van der Waals surface area contributed by atoms with Crippen molar-refractivity contribution < 1.29 is 0 Å². The molecule has 2 unspecified atom stereocenters. The van der Waals surface area contributed by atoms with E-state index in [1.54, 1.807) is 0 Å². The van der Waals surface area contributed by atoms with Gasteiger partial charge in [-0.05, 0) is 43.7 Å². The molecule has 2 fully saturated rings. The third-order valence-corrected chi connectivity index (χ3v) is 7.01. The normalized spacial score (nSPS) is 24.6. The number of rotatable bonds is 4. The monoisotopic (exact) mass is 407 g/mol. The van der Waals surface area contributed by atoms with Gasteiger partial charge in [0.2, 0.25) is 0 Å². The van der Waals surface area contributed by atoms with Crippen LogP contribution >= 0.6 is 0 Å². The van der Waals surface area contributed by atoms with Crippen molar-refractivity contribution in [2.45, 2.75) is 57.8 Å². The summed E-state index contributed by atoms with van der Waals surface area (Å²) < 4.78 is 2.26. The Hall–Kier alpha value is -2.41. The molecule has 1 N–H and O–H groups in total. The molecule has 2 saturated heterocycles. The molecule has 2 aromatic rings. The molecule has 0 radical (unpaired) electrons. The molecule has 30 heavy (non-hydrogen) atoms. The lowest BCUT2D eigenvalue weighted by atomic mass is 9.83. The lowest BCUT2D eigenvalue weighted by Gasteiger charge is -2.48. The zero-order chi connectivity index (χ0) is 20.3. The maximum atomic E-state index is 4.59. The van der Waals surface area contributed by atoms with Gasteiger partial charge in [0, 0.05) is 45.7 Å². The first-order valence-electron chi connectivity index (χ1n) is 11.5. The van der Waals surface area contributed by atoms with Crippen molar-refractivity contribution in [1.82, 2.24) is 29.9 Å². The minimum atomic E-state index is 0.688. The van der Waals surface area contributed by atoms with Crippen molar-refractivity contribution in [3.63, 3.8) is 0 Å². The van der Waals surface area contributed by atoms with E-state index in [1.165, 1.54) is 37.8 Å². The van der Waals surface area contributed by atoms with Gasteiger partial charge in [-0.1, -0.05) is 30.3 Å². The average molecular weight is 408 g/mol. The quantitative estimate of drug-likeness (QED) is 0.622. The topological polar surface area (TPSA) is 61.6 Å². The molecule has 0 amide bonds. The molecular formula is C23H33N7. The highest BCUT2D eigenvalue weighted by Gasteiger charge is 2.36. The number of nitrogens with one attached hydrogen (secondary N) is 1. The summed E-state index contributed by atoms with van der Waals surface area (Å²) in [6, 6.07) is 11.6. The summed E-state index contributed by atoms with van der Waals surface area (Å²) in [5, 5.41) is 12.3. The third kappa shape index (κ3) is 3.95. The highest BCUT2D eigenvalue weighted by molar-refractivity contribution is 5.79. The summed E-state index contributed by atoms with van der Waals surface area (Å²) in [6.45, 7) is 6.19. The van der Waals surface area contributed by atoms with Gasteiger partial charge in [0.1, 0.15) is 5.82 Å². The van der Waals surface area contributed by atoms with Crippen molar-refractivity contribution in [3.8, 4) is 0 Å². The molecule has 7 nitrogen and oxygen atoms in total.